The zero-order chi connectivity index (χ0) is 13.5. The fraction of sp³-hybridized carbons (Fsp3) is 0.562. The molecule has 1 saturated heterocycles. The van der Waals surface area contributed by atoms with Crippen molar-refractivity contribution in [2.75, 3.05) is 13.1 Å². The van der Waals surface area contributed by atoms with Gasteiger partial charge in [0.2, 0.25) is 5.91 Å². The van der Waals surface area contributed by atoms with Crippen LogP contribution in [0.3, 0.4) is 0 Å². The predicted octanol–water partition coefficient (Wildman–Crippen LogP) is 2.61. The lowest BCUT2D eigenvalue weighted by molar-refractivity contribution is -0.121. The molecule has 1 aliphatic heterocycles. The van der Waals surface area contributed by atoms with E-state index >= 15 is 0 Å². The van der Waals surface area contributed by atoms with Gasteiger partial charge in [0.05, 0.1) is 0 Å². The van der Waals surface area contributed by atoms with Crippen LogP contribution < -0.4 is 10.6 Å². The number of aryl methyl sites for hydroxylation is 2. The fourth-order valence-electron chi connectivity index (χ4n) is 2.46. The van der Waals surface area contributed by atoms with E-state index in [1.807, 2.05) is 0 Å². The Balaban J connectivity index is 0.00000200. The summed E-state index contributed by atoms with van der Waals surface area (Å²) in [6, 6.07) is 9.04. The first-order chi connectivity index (χ1) is 9.24. The van der Waals surface area contributed by atoms with Gasteiger partial charge in [0.1, 0.15) is 0 Å². The van der Waals surface area contributed by atoms with E-state index in [1.54, 1.807) is 0 Å². The molecule has 1 aromatic carbocycles. The molecular formula is C16H25ClN2O. The molecule has 2 N–H and O–H groups in total. The summed E-state index contributed by atoms with van der Waals surface area (Å²) >= 11 is 0. The molecule has 1 aliphatic rings. The van der Waals surface area contributed by atoms with Gasteiger partial charge in [0.15, 0.2) is 0 Å². The molecule has 3 nitrogen and oxygen atoms in total. The second-order valence-corrected chi connectivity index (χ2v) is 5.44. The second kappa shape index (κ2) is 8.98. The minimum absolute atomic E-state index is 0. The third-order valence-corrected chi connectivity index (χ3v) is 3.70. The van der Waals surface area contributed by atoms with E-state index in [4.69, 9.17) is 0 Å². The van der Waals surface area contributed by atoms with Gasteiger partial charge in [-0.25, -0.2) is 0 Å². The van der Waals surface area contributed by atoms with Crippen LogP contribution in [0.4, 0.5) is 0 Å². The van der Waals surface area contributed by atoms with Crippen LogP contribution in [0.25, 0.3) is 0 Å². The van der Waals surface area contributed by atoms with Crippen molar-refractivity contribution in [3.63, 3.8) is 0 Å². The first-order valence-electron chi connectivity index (χ1n) is 7.29. The number of amides is 1. The van der Waals surface area contributed by atoms with Crippen LogP contribution in [-0.2, 0) is 11.2 Å². The first-order valence-corrected chi connectivity index (χ1v) is 7.29. The van der Waals surface area contributed by atoms with Crippen LogP contribution >= 0.6 is 12.4 Å². The van der Waals surface area contributed by atoms with Gasteiger partial charge in [-0.1, -0.05) is 29.8 Å². The molecule has 0 aliphatic carbocycles. The van der Waals surface area contributed by atoms with Crippen molar-refractivity contribution in [1.82, 2.24) is 10.6 Å². The van der Waals surface area contributed by atoms with E-state index < -0.39 is 0 Å². The Kier molecular flexibility index (Phi) is 7.63. The quantitative estimate of drug-likeness (QED) is 0.847. The van der Waals surface area contributed by atoms with E-state index in [2.05, 4.69) is 41.8 Å². The third kappa shape index (κ3) is 5.93. The number of benzene rings is 1. The largest absolute Gasteiger partial charge is 0.355 e. The summed E-state index contributed by atoms with van der Waals surface area (Å²) in [7, 11) is 0. The normalized spacial score (nSPS) is 17.6. The first kappa shape index (κ1) is 17.0. The van der Waals surface area contributed by atoms with Crippen molar-refractivity contribution in [3.8, 4) is 0 Å². The molecule has 1 aromatic rings. The Bertz CT molecular complexity index is 399. The molecule has 0 aromatic heterocycles. The van der Waals surface area contributed by atoms with Gasteiger partial charge < -0.3 is 10.6 Å². The highest BCUT2D eigenvalue weighted by Gasteiger charge is 2.14. The fourth-order valence-corrected chi connectivity index (χ4v) is 2.46. The van der Waals surface area contributed by atoms with Gasteiger partial charge in [-0.2, -0.15) is 0 Å². The molecule has 112 valence electrons. The number of rotatable bonds is 6. The summed E-state index contributed by atoms with van der Waals surface area (Å²) in [6.07, 6.45) is 4.95. The van der Waals surface area contributed by atoms with E-state index in [0.717, 1.165) is 25.9 Å². The van der Waals surface area contributed by atoms with Crippen LogP contribution in [0.5, 0.6) is 0 Å². The number of carbonyl (C=O) groups excluding carboxylic acids is 1. The molecule has 0 radical (unpaired) electrons. The number of hydrogen-bond acceptors (Lipinski definition) is 2. The third-order valence-electron chi connectivity index (χ3n) is 3.70. The van der Waals surface area contributed by atoms with Gasteiger partial charge in [-0.05, 0) is 44.7 Å². The lowest BCUT2D eigenvalue weighted by Crippen LogP contribution is -2.37. The Morgan fingerprint density at radius 3 is 2.75 bits per heavy atom. The molecule has 4 heteroatoms. The maximum absolute atomic E-state index is 11.7. The van der Waals surface area contributed by atoms with Crippen LogP contribution in [0, 0.1) is 6.92 Å². The number of nitrogens with one attached hydrogen (secondary N) is 2. The SMILES string of the molecule is Cc1ccc(CCCC(=O)NCC2CCCN2)cc1.Cl. The van der Waals surface area contributed by atoms with Crippen molar-refractivity contribution < 1.29 is 4.79 Å². The van der Waals surface area contributed by atoms with Crippen molar-refractivity contribution in [2.45, 2.75) is 45.1 Å². The molecule has 1 amide bonds. The van der Waals surface area contributed by atoms with Crippen LogP contribution in [0.1, 0.15) is 36.8 Å². The summed E-state index contributed by atoms with van der Waals surface area (Å²) in [4.78, 5) is 11.7. The Morgan fingerprint density at radius 2 is 2.10 bits per heavy atom. The van der Waals surface area contributed by atoms with Crippen LogP contribution in [-0.4, -0.2) is 25.0 Å². The molecule has 1 atom stereocenters. The smallest absolute Gasteiger partial charge is 0.220 e. The lowest BCUT2D eigenvalue weighted by atomic mass is 10.1. The zero-order valence-electron chi connectivity index (χ0n) is 12.2. The van der Waals surface area contributed by atoms with Crippen LogP contribution in [0.15, 0.2) is 24.3 Å². The highest BCUT2D eigenvalue weighted by atomic mass is 35.5. The Hall–Kier alpha value is -1.06. The minimum Gasteiger partial charge on any atom is -0.355 e. The predicted molar refractivity (Wildman–Crippen MR) is 85.4 cm³/mol. The molecule has 0 spiro atoms. The van der Waals surface area contributed by atoms with Crippen molar-refractivity contribution in [3.05, 3.63) is 35.4 Å². The molecule has 2 rings (SSSR count). The van der Waals surface area contributed by atoms with E-state index in [1.165, 1.54) is 24.0 Å². The molecule has 1 fully saturated rings. The van der Waals surface area contributed by atoms with Gasteiger partial charge in [-0.3, -0.25) is 4.79 Å². The standard InChI is InChI=1S/C16H24N2O.ClH/c1-13-7-9-14(10-8-13)4-2-6-16(19)18-12-15-5-3-11-17-15;/h7-10,15,17H,2-6,11-12H2,1H3,(H,18,19);1H. The van der Waals surface area contributed by atoms with Crippen LogP contribution in [0.2, 0.25) is 0 Å². The molecule has 0 saturated carbocycles. The van der Waals surface area contributed by atoms with Gasteiger partial charge in [0.25, 0.3) is 0 Å². The second-order valence-electron chi connectivity index (χ2n) is 5.44. The number of hydrogen-bond donors (Lipinski definition) is 2. The summed E-state index contributed by atoms with van der Waals surface area (Å²) < 4.78 is 0. The van der Waals surface area contributed by atoms with Gasteiger partial charge >= 0.3 is 0 Å². The van der Waals surface area contributed by atoms with E-state index in [9.17, 15) is 4.79 Å². The van der Waals surface area contributed by atoms with Crippen molar-refractivity contribution in [1.29, 1.82) is 0 Å². The molecule has 1 heterocycles. The van der Waals surface area contributed by atoms with E-state index in [-0.39, 0.29) is 18.3 Å². The van der Waals surface area contributed by atoms with Gasteiger partial charge in [-0.15, -0.1) is 12.4 Å². The van der Waals surface area contributed by atoms with Crippen molar-refractivity contribution >= 4 is 18.3 Å². The highest BCUT2D eigenvalue weighted by Crippen LogP contribution is 2.07. The molecular weight excluding hydrogens is 272 g/mol. The summed E-state index contributed by atoms with van der Waals surface area (Å²) in [6.45, 7) is 3.96. The van der Waals surface area contributed by atoms with Gasteiger partial charge in [0, 0.05) is 19.0 Å². The minimum atomic E-state index is 0. The topological polar surface area (TPSA) is 41.1 Å². The maximum atomic E-state index is 11.7. The average Bonchev–Trinajstić information content (AvgIpc) is 2.92. The number of halogens is 1. The average molecular weight is 297 g/mol. The highest BCUT2D eigenvalue weighted by molar-refractivity contribution is 5.85. The van der Waals surface area contributed by atoms with Crippen molar-refractivity contribution in [2.24, 2.45) is 0 Å². The molecule has 20 heavy (non-hydrogen) atoms. The Morgan fingerprint density at radius 1 is 1.35 bits per heavy atom. The summed E-state index contributed by atoms with van der Waals surface area (Å²) in [5, 5.41) is 6.40. The van der Waals surface area contributed by atoms with E-state index in [0.29, 0.717) is 12.5 Å². The maximum Gasteiger partial charge on any atom is 0.220 e. The molecule has 1 unspecified atom stereocenters. The monoisotopic (exact) mass is 296 g/mol. The zero-order valence-corrected chi connectivity index (χ0v) is 13.0. The lowest BCUT2D eigenvalue weighted by Gasteiger charge is -2.11. The summed E-state index contributed by atoms with van der Waals surface area (Å²) in [5.74, 6) is 0.181. The molecule has 0 bridgehead atoms. The summed E-state index contributed by atoms with van der Waals surface area (Å²) in [5.41, 5.74) is 2.60. The number of carbonyl (C=O) groups is 1. The Labute approximate surface area is 127 Å².